The van der Waals surface area contributed by atoms with E-state index in [1.54, 1.807) is 12.1 Å². The third-order valence-corrected chi connectivity index (χ3v) is 3.42. The Morgan fingerprint density at radius 1 is 0.917 bits per heavy atom. The van der Waals surface area contributed by atoms with Crippen molar-refractivity contribution in [2.24, 2.45) is 0 Å². The van der Waals surface area contributed by atoms with E-state index < -0.39 is 17.8 Å². The summed E-state index contributed by atoms with van der Waals surface area (Å²) in [5.41, 5.74) is 2.32. The van der Waals surface area contributed by atoms with Gasteiger partial charge in [0.25, 0.3) is 0 Å². The summed E-state index contributed by atoms with van der Waals surface area (Å²) in [6.07, 6.45) is 0.743. The highest BCUT2D eigenvalue weighted by atomic mass is 16.5. The number of esters is 1. The van der Waals surface area contributed by atoms with Gasteiger partial charge in [-0.2, -0.15) is 0 Å². The minimum Gasteiger partial charge on any atom is -0.465 e. The van der Waals surface area contributed by atoms with Crippen LogP contribution in [0.1, 0.15) is 22.8 Å². The molecule has 0 saturated carbocycles. The van der Waals surface area contributed by atoms with Gasteiger partial charge in [0.2, 0.25) is 0 Å². The summed E-state index contributed by atoms with van der Waals surface area (Å²) in [5.74, 6) is -2.01. The number of nitrogens with one attached hydrogen (secondary N) is 2. The number of carbonyl (C=O) groups is 3. The third kappa shape index (κ3) is 4.19. The molecule has 0 unspecified atom stereocenters. The molecule has 0 aliphatic rings. The van der Waals surface area contributed by atoms with E-state index in [1.165, 1.54) is 31.4 Å². The summed E-state index contributed by atoms with van der Waals surface area (Å²) in [6, 6.07) is 13.4. The molecule has 124 valence electrons. The fraction of sp³-hybridized carbons (Fsp3) is 0.167. The summed E-state index contributed by atoms with van der Waals surface area (Å²) in [6.45, 7) is 1.97. The molecule has 0 heterocycles. The first kappa shape index (κ1) is 17.2. The molecule has 2 N–H and O–H groups in total. The summed E-state index contributed by atoms with van der Waals surface area (Å²) in [4.78, 5) is 35.3. The maximum absolute atomic E-state index is 12.0. The van der Waals surface area contributed by atoms with E-state index in [0.717, 1.165) is 12.0 Å². The number of aryl methyl sites for hydroxylation is 1. The Kier molecular flexibility index (Phi) is 5.68. The minimum atomic E-state index is -0.785. The second kappa shape index (κ2) is 7.92. The van der Waals surface area contributed by atoms with Crippen LogP contribution >= 0.6 is 0 Å². The van der Waals surface area contributed by atoms with Gasteiger partial charge in [-0.15, -0.1) is 0 Å². The Morgan fingerprint density at radius 2 is 1.54 bits per heavy atom. The Hall–Kier alpha value is -3.15. The molecule has 0 atom stereocenters. The van der Waals surface area contributed by atoms with Gasteiger partial charge >= 0.3 is 17.8 Å². The molecule has 2 amide bonds. The van der Waals surface area contributed by atoms with Crippen molar-refractivity contribution >= 4 is 29.2 Å². The summed E-state index contributed by atoms with van der Waals surface area (Å²) < 4.78 is 4.59. The van der Waals surface area contributed by atoms with Gasteiger partial charge in [-0.05, 0) is 42.3 Å². The lowest BCUT2D eigenvalue weighted by Crippen LogP contribution is -2.29. The number of ether oxygens (including phenoxy) is 1. The second-order valence-corrected chi connectivity index (χ2v) is 4.99. The van der Waals surface area contributed by atoms with Crippen LogP contribution in [0.5, 0.6) is 0 Å². The predicted molar refractivity (Wildman–Crippen MR) is 90.9 cm³/mol. The minimum absolute atomic E-state index is 0.358. The van der Waals surface area contributed by atoms with Gasteiger partial charge in [-0.25, -0.2) is 4.79 Å². The monoisotopic (exact) mass is 326 g/mol. The predicted octanol–water partition coefficient (Wildman–Crippen LogP) is 2.61. The van der Waals surface area contributed by atoms with E-state index in [-0.39, 0.29) is 0 Å². The number of carbonyl (C=O) groups excluding carboxylic acids is 3. The number of methoxy groups -OCH3 is 1. The molecule has 0 saturated heterocycles. The van der Waals surface area contributed by atoms with E-state index in [4.69, 9.17) is 0 Å². The van der Waals surface area contributed by atoms with Crippen LogP contribution in [0.4, 0.5) is 11.4 Å². The van der Waals surface area contributed by atoms with E-state index in [9.17, 15) is 14.4 Å². The Bertz CT molecular complexity index is 754. The maximum atomic E-state index is 12.0. The van der Waals surface area contributed by atoms with Crippen LogP contribution in [0.2, 0.25) is 0 Å². The molecule has 0 fully saturated rings. The fourth-order valence-corrected chi connectivity index (χ4v) is 2.12. The number of rotatable bonds is 4. The molecule has 6 nitrogen and oxygen atoms in total. The third-order valence-electron chi connectivity index (χ3n) is 3.42. The highest BCUT2D eigenvalue weighted by molar-refractivity contribution is 6.43. The largest absolute Gasteiger partial charge is 0.465 e. The molecule has 0 aliphatic heterocycles. The van der Waals surface area contributed by atoms with E-state index in [2.05, 4.69) is 15.4 Å². The standard InChI is InChI=1S/C18H18N2O4/c1-3-12-6-4-5-7-15(12)20-17(22)16(21)19-14-10-8-13(9-11-14)18(23)24-2/h4-11H,3H2,1-2H3,(H,19,21)(H,20,22). The molecular weight excluding hydrogens is 308 g/mol. The van der Waals surface area contributed by atoms with Crippen molar-refractivity contribution in [3.63, 3.8) is 0 Å². The topological polar surface area (TPSA) is 84.5 Å². The van der Waals surface area contributed by atoms with Gasteiger partial charge in [0, 0.05) is 11.4 Å². The number of hydrogen-bond acceptors (Lipinski definition) is 4. The van der Waals surface area contributed by atoms with Crippen LogP contribution < -0.4 is 10.6 Å². The summed E-state index contributed by atoms with van der Waals surface area (Å²) >= 11 is 0. The molecule has 0 aliphatic carbocycles. The van der Waals surface area contributed by atoms with Gasteiger partial charge in [0.1, 0.15) is 0 Å². The van der Waals surface area contributed by atoms with Crippen molar-refractivity contribution in [1.29, 1.82) is 0 Å². The van der Waals surface area contributed by atoms with Gasteiger partial charge in [-0.3, -0.25) is 9.59 Å². The zero-order valence-electron chi connectivity index (χ0n) is 13.5. The molecule has 0 aromatic heterocycles. The number of benzene rings is 2. The quantitative estimate of drug-likeness (QED) is 0.668. The van der Waals surface area contributed by atoms with Crippen LogP contribution in [0.3, 0.4) is 0 Å². The van der Waals surface area contributed by atoms with Crippen LogP contribution in [-0.2, 0) is 20.7 Å². The lowest BCUT2D eigenvalue weighted by molar-refractivity contribution is -0.133. The van der Waals surface area contributed by atoms with Crippen molar-refractivity contribution in [2.75, 3.05) is 17.7 Å². The Balaban J connectivity index is 2.01. The number of anilines is 2. The summed E-state index contributed by atoms with van der Waals surface area (Å²) in [7, 11) is 1.29. The molecule has 2 aromatic rings. The molecular formula is C18H18N2O4. The van der Waals surface area contributed by atoms with Gasteiger partial charge in [-0.1, -0.05) is 25.1 Å². The first-order valence-electron chi connectivity index (χ1n) is 7.43. The maximum Gasteiger partial charge on any atom is 0.337 e. The number of amides is 2. The highest BCUT2D eigenvalue weighted by Crippen LogP contribution is 2.16. The van der Waals surface area contributed by atoms with Crippen LogP contribution in [0.25, 0.3) is 0 Å². The van der Waals surface area contributed by atoms with Crippen molar-refractivity contribution in [1.82, 2.24) is 0 Å². The van der Waals surface area contributed by atoms with Crippen molar-refractivity contribution < 1.29 is 19.1 Å². The molecule has 0 bridgehead atoms. The van der Waals surface area contributed by atoms with Crippen molar-refractivity contribution in [3.05, 3.63) is 59.7 Å². The fourth-order valence-electron chi connectivity index (χ4n) is 2.12. The molecule has 2 rings (SSSR count). The molecule has 0 radical (unpaired) electrons. The average Bonchev–Trinajstić information content (AvgIpc) is 2.62. The zero-order valence-corrected chi connectivity index (χ0v) is 13.5. The molecule has 0 spiro atoms. The van der Waals surface area contributed by atoms with E-state index in [1.807, 2.05) is 19.1 Å². The Labute approximate surface area is 139 Å². The van der Waals surface area contributed by atoms with Crippen LogP contribution in [-0.4, -0.2) is 24.9 Å². The SMILES string of the molecule is CCc1ccccc1NC(=O)C(=O)Nc1ccc(C(=O)OC)cc1. The average molecular weight is 326 g/mol. The number of hydrogen-bond donors (Lipinski definition) is 2. The smallest absolute Gasteiger partial charge is 0.337 e. The first-order chi connectivity index (χ1) is 11.5. The van der Waals surface area contributed by atoms with Gasteiger partial charge in [0.15, 0.2) is 0 Å². The lowest BCUT2D eigenvalue weighted by Gasteiger charge is -2.10. The van der Waals surface area contributed by atoms with Gasteiger partial charge in [0.05, 0.1) is 12.7 Å². The normalized spacial score (nSPS) is 9.92. The molecule has 6 heteroatoms. The first-order valence-corrected chi connectivity index (χ1v) is 7.43. The zero-order chi connectivity index (χ0) is 17.5. The van der Waals surface area contributed by atoms with E-state index in [0.29, 0.717) is 16.9 Å². The molecule has 24 heavy (non-hydrogen) atoms. The van der Waals surface area contributed by atoms with Crippen LogP contribution in [0.15, 0.2) is 48.5 Å². The summed E-state index contributed by atoms with van der Waals surface area (Å²) in [5, 5.41) is 5.08. The van der Waals surface area contributed by atoms with Crippen molar-refractivity contribution in [2.45, 2.75) is 13.3 Å². The second-order valence-electron chi connectivity index (χ2n) is 4.99. The number of para-hydroxylation sites is 1. The lowest BCUT2D eigenvalue weighted by atomic mass is 10.1. The highest BCUT2D eigenvalue weighted by Gasteiger charge is 2.15. The van der Waals surface area contributed by atoms with Gasteiger partial charge < -0.3 is 15.4 Å². The molecule has 2 aromatic carbocycles. The van der Waals surface area contributed by atoms with Crippen LogP contribution in [0, 0.1) is 0 Å². The van der Waals surface area contributed by atoms with E-state index >= 15 is 0 Å². The Morgan fingerprint density at radius 3 is 2.17 bits per heavy atom. The van der Waals surface area contributed by atoms with Crippen molar-refractivity contribution in [3.8, 4) is 0 Å².